The summed E-state index contributed by atoms with van der Waals surface area (Å²) >= 11 is 0. The quantitative estimate of drug-likeness (QED) is 0.344. The fourth-order valence-corrected chi connectivity index (χ4v) is 2.51. The Hall–Kier alpha value is -2.18. The second-order valence-electron chi connectivity index (χ2n) is 4.85. The third-order valence-electron chi connectivity index (χ3n) is 3.67. The first kappa shape index (κ1) is 14.2. The van der Waals surface area contributed by atoms with Crippen LogP contribution in [0.4, 0.5) is 14.5 Å². The molecule has 0 aromatic heterocycles. The predicted molar refractivity (Wildman–Crippen MR) is 69.3 cm³/mol. The molecule has 1 aliphatic carbocycles. The molecule has 7 heteroatoms. The van der Waals surface area contributed by atoms with Gasteiger partial charge in [-0.25, -0.2) is 8.78 Å². The first-order valence-electron chi connectivity index (χ1n) is 6.24. The van der Waals surface area contributed by atoms with Crippen LogP contribution in [0.15, 0.2) is 23.4 Å². The molecule has 1 aliphatic rings. The van der Waals surface area contributed by atoms with Crippen LogP contribution in [0.5, 0.6) is 0 Å². The number of carbonyl (C=O) groups excluding carboxylic acids is 1. The van der Waals surface area contributed by atoms with Crippen molar-refractivity contribution in [3.8, 4) is 0 Å². The Kier molecular flexibility index (Phi) is 3.87. The second-order valence-corrected chi connectivity index (χ2v) is 4.85. The van der Waals surface area contributed by atoms with Crippen LogP contribution < -0.4 is 11.1 Å². The molecule has 1 aromatic rings. The minimum Gasteiger partial charge on any atom is -0.409 e. The monoisotopic (exact) mass is 283 g/mol. The Morgan fingerprint density at radius 2 is 2.00 bits per heavy atom. The van der Waals surface area contributed by atoms with E-state index in [-0.39, 0.29) is 11.5 Å². The molecule has 0 radical (unpaired) electrons. The van der Waals surface area contributed by atoms with Gasteiger partial charge in [0.2, 0.25) is 5.91 Å². The first-order chi connectivity index (χ1) is 9.49. The lowest BCUT2D eigenvalue weighted by Crippen LogP contribution is -2.45. The third kappa shape index (κ3) is 2.43. The summed E-state index contributed by atoms with van der Waals surface area (Å²) in [5.74, 6) is -2.20. The summed E-state index contributed by atoms with van der Waals surface area (Å²) in [5.41, 5.74) is 4.19. The van der Waals surface area contributed by atoms with Crippen molar-refractivity contribution in [3.05, 3.63) is 29.8 Å². The molecular formula is C13H15F2N3O2. The summed E-state index contributed by atoms with van der Waals surface area (Å²) < 4.78 is 26.6. The summed E-state index contributed by atoms with van der Waals surface area (Å²) in [7, 11) is 0. The molecule has 0 unspecified atom stereocenters. The van der Waals surface area contributed by atoms with E-state index in [0.29, 0.717) is 12.8 Å². The fraction of sp³-hybridized carbons (Fsp3) is 0.385. The van der Waals surface area contributed by atoms with Crippen LogP contribution in [0.25, 0.3) is 0 Å². The van der Waals surface area contributed by atoms with Gasteiger partial charge in [0.15, 0.2) is 5.84 Å². The number of nitrogens with zero attached hydrogens (tertiary/aromatic N) is 1. The summed E-state index contributed by atoms with van der Waals surface area (Å²) in [6.45, 7) is 0. The van der Waals surface area contributed by atoms with Crippen LogP contribution in [0.3, 0.4) is 0 Å². The van der Waals surface area contributed by atoms with Crippen molar-refractivity contribution in [3.63, 3.8) is 0 Å². The summed E-state index contributed by atoms with van der Waals surface area (Å²) in [6, 6.07) is 2.78. The lowest BCUT2D eigenvalue weighted by Gasteiger charge is -2.26. The maximum absolute atomic E-state index is 13.5. The maximum atomic E-state index is 13.5. The molecule has 108 valence electrons. The van der Waals surface area contributed by atoms with E-state index < -0.39 is 23.0 Å². The van der Waals surface area contributed by atoms with Gasteiger partial charge in [-0.15, -0.1) is 0 Å². The average Bonchev–Trinajstić information content (AvgIpc) is 2.92. The number of amides is 1. The Morgan fingerprint density at radius 1 is 1.35 bits per heavy atom. The standard InChI is InChI=1S/C13H15F2N3O2/c14-8-3-4-9(15)10(7-8)17-12(19)13(11(16)18-20)5-1-2-6-13/h3-4,7,20H,1-2,5-6H2,(H2,16,18)(H,17,19). The highest BCUT2D eigenvalue weighted by atomic mass is 19.1. The van der Waals surface area contributed by atoms with Gasteiger partial charge in [-0.1, -0.05) is 18.0 Å². The van der Waals surface area contributed by atoms with E-state index in [1.165, 1.54) is 0 Å². The number of anilines is 1. The van der Waals surface area contributed by atoms with Crippen molar-refractivity contribution in [2.75, 3.05) is 5.32 Å². The number of benzene rings is 1. The average molecular weight is 283 g/mol. The number of hydrogen-bond donors (Lipinski definition) is 3. The number of nitrogens with one attached hydrogen (secondary N) is 1. The molecule has 5 nitrogen and oxygen atoms in total. The number of nitrogens with two attached hydrogens (primary N) is 1. The van der Waals surface area contributed by atoms with Crippen LogP contribution in [0.1, 0.15) is 25.7 Å². The van der Waals surface area contributed by atoms with Crippen molar-refractivity contribution in [2.24, 2.45) is 16.3 Å². The Morgan fingerprint density at radius 3 is 2.60 bits per heavy atom. The molecular weight excluding hydrogens is 268 g/mol. The fourth-order valence-electron chi connectivity index (χ4n) is 2.51. The molecule has 2 rings (SSSR count). The number of carbonyl (C=O) groups is 1. The van der Waals surface area contributed by atoms with Gasteiger partial charge in [0.05, 0.1) is 5.69 Å². The Balaban J connectivity index is 2.28. The van der Waals surface area contributed by atoms with Crippen molar-refractivity contribution >= 4 is 17.4 Å². The molecule has 0 aliphatic heterocycles. The van der Waals surface area contributed by atoms with Crippen molar-refractivity contribution in [1.29, 1.82) is 0 Å². The maximum Gasteiger partial charge on any atom is 0.238 e. The van der Waals surface area contributed by atoms with Crippen molar-refractivity contribution in [2.45, 2.75) is 25.7 Å². The van der Waals surface area contributed by atoms with Gasteiger partial charge in [-0.2, -0.15) is 0 Å². The second kappa shape index (κ2) is 5.44. The molecule has 0 atom stereocenters. The van der Waals surface area contributed by atoms with Crippen LogP contribution >= 0.6 is 0 Å². The number of oxime groups is 1. The van der Waals surface area contributed by atoms with E-state index in [9.17, 15) is 13.6 Å². The highest BCUT2D eigenvalue weighted by molar-refractivity contribution is 6.12. The zero-order valence-corrected chi connectivity index (χ0v) is 10.7. The highest BCUT2D eigenvalue weighted by Crippen LogP contribution is 2.39. The molecule has 1 saturated carbocycles. The van der Waals surface area contributed by atoms with Gasteiger partial charge >= 0.3 is 0 Å². The molecule has 1 aromatic carbocycles. The summed E-state index contributed by atoms with van der Waals surface area (Å²) in [5, 5.41) is 14.1. The predicted octanol–water partition coefficient (Wildman–Crippen LogP) is 2.21. The minimum atomic E-state index is -1.16. The summed E-state index contributed by atoms with van der Waals surface area (Å²) in [4.78, 5) is 12.3. The number of amidine groups is 1. The molecule has 0 heterocycles. The normalized spacial score (nSPS) is 18.0. The lowest BCUT2D eigenvalue weighted by atomic mass is 9.83. The van der Waals surface area contributed by atoms with E-state index >= 15 is 0 Å². The zero-order chi connectivity index (χ0) is 14.8. The smallest absolute Gasteiger partial charge is 0.238 e. The van der Waals surface area contributed by atoms with E-state index in [1.807, 2.05) is 0 Å². The van der Waals surface area contributed by atoms with Crippen LogP contribution in [0, 0.1) is 17.0 Å². The number of hydrogen-bond acceptors (Lipinski definition) is 3. The van der Waals surface area contributed by atoms with E-state index in [4.69, 9.17) is 10.9 Å². The highest BCUT2D eigenvalue weighted by Gasteiger charge is 2.45. The topological polar surface area (TPSA) is 87.7 Å². The number of halogens is 2. The molecule has 1 fully saturated rings. The van der Waals surface area contributed by atoms with Crippen LogP contribution in [-0.4, -0.2) is 17.0 Å². The van der Waals surface area contributed by atoms with Crippen LogP contribution in [-0.2, 0) is 4.79 Å². The zero-order valence-electron chi connectivity index (χ0n) is 10.7. The van der Waals surface area contributed by atoms with E-state index in [1.54, 1.807) is 0 Å². The van der Waals surface area contributed by atoms with Gasteiger partial charge in [0.1, 0.15) is 17.0 Å². The van der Waals surface area contributed by atoms with Gasteiger partial charge in [-0.3, -0.25) is 4.79 Å². The molecule has 20 heavy (non-hydrogen) atoms. The SMILES string of the molecule is NC(=NO)C1(C(=O)Nc2cc(F)ccc2F)CCCC1. The van der Waals surface area contributed by atoms with Crippen molar-refractivity contribution in [1.82, 2.24) is 0 Å². The molecule has 1 amide bonds. The molecule has 4 N–H and O–H groups in total. The van der Waals surface area contributed by atoms with Crippen molar-refractivity contribution < 1.29 is 18.8 Å². The van der Waals surface area contributed by atoms with Gasteiger partial charge in [-0.05, 0) is 25.0 Å². The van der Waals surface area contributed by atoms with Crippen LogP contribution in [0.2, 0.25) is 0 Å². The lowest BCUT2D eigenvalue weighted by molar-refractivity contribution is -0.122. The first-order valence-corrected chi connectivity index (χ1v) is 6.24. The molecule has 0 saturated heterocycles. The third-order valence-corrected chi connectivity index (χ3v) is 3.67. The number of rotatable bonds is 3. The van der Waals surface area contributed by atoms with E-state index in [0.717, 1.165) is 31.0 Å². The van der Waals surface area contributed by atoms with Gasteiger partial charge in [0.25, 0.3) is 0 Å². The van der Waals surface area contributed by atoms with Gasteiger partial charge < -0.3 is 16.3 Å². The Bertz CT molecular complexity index is 555. The largest absolute Gasteiger partial charge is 0.409 e. The summed E-state index contributed by atoms with van der Waals surface area (Å²) in [6.07, 6.45) is 2.31. The van der Waals surface area contributed by atoms with E-state index in [2.05, 4.69) is 10.5 Å². The molecule has 0 spiro atoms. The Labute approximate surface area is 114 Å². The minimum absolute atomic E-state index is 0.204. The molecule has 0 bridgehead atoms. The van der Waals surface area contributed by atoms with Gasteiger partial charge in [0, 0.05) is 6.07 Å².